The number of pyridine rings is 1. The number of carbonyl (C=O) groups is 1. The van der Waals surface area contributed by atoms with Crippen molar-refractivity contribution in [2.45, 2.75) is 32.0 Å². The molecular formula is C21H20ClN5O2. The minimum atomic E-state index is -0.178. The van der Waals surface area contributed by atoms with E-state index in [1.807, 2.05) is 35.0 Å². The van der Waals surface area contributed by atoms with Gasteiger partial charge >= 0.3 is 0 Å². The number of nitrogens with one attached hydrogen (secondary N) is 2. The summed E-state index contributed by atoms with van der Waals surface area (Å²) in [6.45, 7) is 1.03. The molecule has 0 saturated carbocycles. The van der Waals surface area contributed by atoms with Crippen molar-refractivity contribution >= 4 is 39.4 Å². The first-order valence-electron chi connectivity index (χ1n) is 9.69. The maximum Gasteiger partial charge on any atom is 0.253 e. The highest BCUT2D eigenvalue weighted by molar-refractivity contribution is 6.31. The highest BCUT2D eigenvalue weighted by atomic mass is 35.5. The highest BCUT2D eigenvalue weighted by Crippen LogP contribution is 2.29. The topological polar surface area (TPSA) is 84.8 Å². The minimum Gasteiger partial charge on any atom is -0.356 e. The largest absolute Gasteiger partial charge is 0.356 e. The van der Waals surface area contributed by atoms with E-state index in [2.05, 4.69) is 15.3 Å². The maximum absolute atomic E-state index is 12.8. The molecule has 1 saturated heterocycles. The van der Waals surface area contributed by atoms with Crippen molar-refractivity contribution in [3.05, 3.63) is 59.0 Å². The number of nitrogens with zero attached hydrogens (tertiary/aromatic N) is 3. The fourth-order valence-corrected chi connectivity index (χ4v) is 4.02. The summed E-state index contributed by atoms with van der Waals surface area (Å²) < 4.78 is 7.84. The van der Waals surface area contributed by atoms with E-state index >= 15 is 0 Å². The molecule has 4 aromatic rings. The van der Waals surface area contributed by atoms with Gasteiger partial charge in [-0.05, 0) is 49.6 Å². The summed E-state index contributed by atoms with van der Waals surface area (Å²) in [6, 6.07) is 9.39. The van der Waals surface area contributed by atoms with Crippen LogP contribution in [0.4, 0.5) is 0 Å². The number of carbonyl (C=O) groups excluding carboxylic acids is 1. The number of hydrogen-bond acceptors (Lipinski definition) is 4. The highest BCUT2D eigenvalue weighted by Gasteiger charge is 2.22. The Morgan fingerprint density at radius 1 is 1.31 bits per heavy atom. The van der Waals surface area contributed by atoms with Gasteiger partial charge in [-0.1, -0.05) is 11.6 Å². The van der Waals surface area contributed by atoms with Crippen LogP contribution in [0.5, 0.6) is 0 Å². The molecule has 1 fully saturated rings. The fourth-order valence-electron chi connectivity index (χ4n) is 3.85. The molecule has 2 N–H and O–H groups in total. The van der Waals surface area contributed by atoms with Crippen LogP contribution in [0.25, 0.3) is 21.9 Å². The summed E-state index contributed by atoms with van der Waals surface area (Å²) in [5.74, 6) is -0.178. The number of amides is 1. The van der Waals surface area contributed by atoms with E-state index in [9.17, 15) is 4.79 Å². The number of benzene rings is 1. The van der Waals surface area contributed by atoms with Gasteiger partial charge in [0.1, 0.15) is 5.65 Å². The third-order valence-electron chi connectivity index (χ3n) is 5.29. The average Bonchev–Trinajstić information content (AvgIpc) is 3.34. The molecule has 0 bridgehead atoms. The van der Waals surface area contributed by atoms with E-state index in [4.69, 9.17) is 21.4 Å². The average molecular weight is 410 g/mol. The van der Waals surface area contributed by atoms with E-state index in [0.717, 1.165) is 47.9 Å². The lowest BCUT2D eigenvalue weighted by Crippen LogP contribution is -2.23. The molecule has 1 unspecified atom stereocenters. The molecule has 7 nitrogen and oxygen atoms in total. The molecule has 0 radical (unpaired) electrons. The molecule has 8 heteroatoms. The van der Waals surface area contributed by atoms with Crippen LogP contribution in [-0.4, -0.2) is 32.3 Å². The van der Waals surface area contributed by atoms with Gasteiger partial charge in [-0.3, -0.25) is 4.79 Å². The fraction of sp³-hybridized carbons (Fsp3) is 0.286. The van der Waals surface area contributed by atoms with Crippen LogP contribution in [0, 0.1) is 0 Å². The molecule has 3 aromatic heterocycles. The Labute approximate surface area is 172 Å². The summed E-state index contributed by atoms with van der Waals surface area (Å²) >= 11 is 6.23. The van der Waals surface area contributed by atoms with Gasteiger partial charge in [0.25, 0.3) is 5.91 Å². The van der Waals surface area contributed by atoms with Crippen LogP contribution in [0.1, 0.15) is 41.5 Å². The number of H-pyrrole nitrogens is 1. The van der Waals surface area contributed by atoms with Crippen LogP contribution in [0.15, 0.2) is 42.7 Å². The second-order valence-electron chi connectivity index (χ2n) is 7.16. The molecule has 0 spiro atoms. The summed E-state index contributed by atoms with van der Waals surface area (Å²) in [7, 11) is 0. The normalized spacial score (nSPS) is 17.1. The van der Waals surface area contributed by atoms with E-state index < -0.39 is 0 Å². The van der Waals surface area contributed by atoms with Crippen molar-refractivity contribution in [2.75, 3.05) is 6.61 Å². The molecular weight excluding hydrogens is 390 g/mol. The lowest BCUT2D eigenvalue weighted by atomic mass is 10.1. The first kappa shape index (κ1) is 18.1. The van der Waals surface area contributed by atoms with Gasteiger partial charge in [0.15, 0.2) is 6.23 Å². The van der Waals surface area contributed by atoms with E-state index in [-0.39, 0.29) is 12.1 Å². The Bertz CT molecular complexity index is 1190. The van der Waals surface area contributed by atoms with Gasteiger partial charge in [-0.25, -0.2) is 9.67 Å². The minimum absolute atomic E-state index is 0.0865. The monoisotopic (exact) mass is 409 g/mol. The summed E-state index contributed by atoms with van der Waals surface area (Å²) in [6.07, 6.45) is 6.39. The molecule has 1 aliphatic rings. The predicted octanol–water partition coefficient (Wildman–Crippen LogP) is 4.20. The van der Waals surface area contributed by atoms with Gasteiger partial charge in [0, 0.05) is 34.8 Å². The van der Waals surface area contributed by atoms with Crippen molar-refractivity contribution in [2.24, 2.45) is 0 Å². The molecule has 0 aliphatic carbocycles. The van der Waals surface area contributed by atoms with Crippen LogP contribution >= 0.6 is 11.6 Å². The Morgan fingerprint density at radius 3 is 3.10 bits per heavy atom. The van der Waals surface area contributed by atoms with Gasteiger partial charge in [0.2, 0.25) is 0 Å². The number of fused-ring (bicyclic) bond motifs is 2. The molecule has 1 aromatic carbocycles. The van der Waals surface area contributed by atoms with Crippen LogP contribution in [0.3, 0.4) is 0 Å². The third-order valence-corrected chi connectivity index (χ3v) is 5.52. The van der Waals surface area contributed by atoms with E-state index in [0.29, 0.717) is 22.8 Å². The van der Waals surface area contributed by atoms with Gasteiger partial charge < -0.3 is 15.0 Å². The number of halogens is 1. The van der Waals surface area contributed by atoms with Crippen molar-refractivity contribution in [1.29, 1.82) is 0 Å². The maximum atomic E-state index is 12.8. The summed E-state index contributed by atoms with van der Waals surface area (Å²) in [4.78, 5) is 20.0. The van der Waals surface area contributed by atoms with Crippen LogP contribution in [-0.2, 0) is 11.3 Å². The molecule has 4 heterocycles. The van der Waals surface area contributed by atoms with Crippen LogP contribution in [0.2, 0.25) is 5.02 Å². The first-order chi connectivity index (χ1) is 14.2. The van der Waals surface area contributed by atoms with E-state index in [1.165, 1.54) is 0 Å². The Balaban J connectivity index is 1.44. The third kappa shape index (κ3) is 3.36. The number of ether oxygens (including phenoxy) is 1. The smallest absolute Gasteiger partial charge is 0.253 e. The SMILES string of the molecule is O=C(NCc1nn(C2CCCCO2)c2ccc(Cl)cc12)c1c[nH]c2ncccc12. The van der Waals surface area contributed by atoms with Crippen molar-refractivity contribution in [3.63, 3.8) is 0 Å². The number of rotatable bonds is 4. The molecule has 29 heavy (non-hydrogen) atoms. The van der Waals surface area contributed by atoms with Crippen molar-refractivity contribution in [1.82, 2.24) is 25.1 Å². The zero-order chi connectivity index (χ0) is 19.8. The molecule has 1 aliphatic heterocycles. The number of hydrogen-bond donors (Lipinski definition) is 2. The lowest BCUT2D eigenvalue weighted by molar-refractivity contribution is -0.0369. The quantitative estimate of drug-likeness (QED) is 0.529. The predicted molar refractivity (Wildman–Crippen MR) is 111 cm³/mol. The molecule has 1 atom stereocenters. The van der Waals surface area contributed by atoms with E-state index in [1.54, 1.807) is 12.4 Å². The van der Waals surface area contributed by atoms with Crippen molar-refractivity contribution in [3.8, 4) is 0 Å². The van der Waals surface area contributed by atoms with Gasteiger partial charge in [-0.2, -0.15) is 5.10 Å². The van der Waals surface area contributed by atoms with Gasteiger partial charge in [-0.15, -0.1) is 0 Å². The molecule has 5 rings (SSSR count). The lowest BCUT2D eigenvalue weighted by Gasteiger charge is -2.23. The zero-order valence-corrected chi connectivity index (χ0v) is 16.4. The second-order valence-corrected chi connectivity index (χ2v) is 7.59. The van der Waals surface area contributed by atoms with Crippen LogP contribution < -0.4 is 5.32 Å². The Kier molecular flexibility index (Phi) is 4.69. The standard InChI is InChI=1S/C21H20ClN5O2/c22-13-6-7-18-15(10-13)17(26-27(18)19-5-1-2-9-29-19)12-25-21(28)16-11-24-20-14(16)4-3-8-23-20/h3-4,6-8,10-11,19H,1-2,5,9,12H2,(H,23,24)(H,25,28). The Hall–Kier alpha value is -2.90. The first-order valence-corrected chi connectivity index (χ1v) is 10.1. The molecule has 148 valence electrons. The van der Waals surface area contributed by atoms with Gasteiger partial charge in [0.05, 0.1) is 23.3 Å². The van der Waals surface area contributed by atoms with Crippen molar-refractivity contribution < 1.29 is 9.53 Å². The summed E-state index contributed by atoms with van der Waals surface area (Å²) in [5, 5.41) is 10.1. The summed E-state index contributed by atoms with van der Waals surface area (Å²) in [5.41, 5.74) is 2.98. The molecule has 1 amide bonds. The zero-order valence-electron chi connectivity index (χ0n) is 15.7. The number of aromatic amines is 1. The second kappa shape index (κ2) is 7.50. The number of aromatic nitrogens is 4. The Morgan fingerprint density at radius 2 is 2.24 bits per heavy atom.